The lowest BCUT2D eigenvalue weighted by Gasteiger charge is -2.38. The SMILES string of the molecule is COc1ccc(CCN2CC(C(=O)N3CCN(C4CCCC4)CC3)CC2=O)cc1OC. The molecule has 0 spiro atoms. The predicted molar refractivity (Wildman–Crippen MR) is 118 cm³/mol. The van der Waals surface area contributed by atoms with Gasteiger partial charge in [-0.05, 0) is 37.0 Å². The van der Waals surface area contributed by atoms with Crippen molar-refractivity contribution in [3.63, 3.8) is 0 Å². The number of carbonyl (C=O) groups excluding carboxylic acids is 2. The van der Waals surface area contributed by atoms with Crippen molar-refractivity contribution < 1.29 is 19.1 Å². The first-order valence-corrected chi connectivity index (χ1v) is 11.6. The predicted octanol–water partition coefficient (Wildman–Crippen LogP) is 2.18. The lowest BCUT2D eigenvalue weighted by atomic mass is 10.1. The van der Waals surface area contributed by atoms with E-state index in [0.29, 0.717) is 31.0 Å². The standard InChI is InChI=1S/C24H35N3O4/c1-30-21-8-7-18(15-22(21)31-2)9-10-27-17-19(16-23(27)28)24(29)26-13-11-25(12-14-26)20-5-3-4-6-20/h7-8,15,19-20H,3-6,9-14,16-17H2,1-2H3. The van der Waals surface area contributed by atoms with E-state index in [9.17, 15) is 9.59 Å². The van der Waals surface area contributed by atoms with Crippen molar-refractivity contribution in [2.24, 2.45) is 5.92 Å². The summed E-state index contributed by atoms with van der Waals surface area (Å²) >= 11 is 0. The molecule has 0 bridgehead atoms. The van der Waals surface area contributed by atoms with Crippen LogP contribution in [0.15, 0.2) is 18.2 Å². The molecule has 2 amide bonds. The van der Waals surface area contributed by atoms with E-state index in [2.05, 4.69) is 4.90 Å². The van der Waals surface area contributed by atoms with Gasteiger partial charge in [-0.15, -0.1) is 0 Å². The highest BCUT2D eigenvalue weighted by Gasteiger charge is 2.37. The number of hydrogen-bond donors (Lipinski definition) is 0. The fourth-order valence-electron chi connectivity index (χ4n) is 5.29. The molecular weight excluding hydrogens is 394 g/mol. The zero-order chi connectivity index (χ0) is 21.8. The highest BCUT2D eigenvalue weighted by molar-refractivity contribution is 5.89. The highest BCUT2D eigenvalue weighted by Crippen LogP contribution is 2.29. The molecule has 1 saturated carbocycles. The van der Waals surface area contributed by atoms with Crippen LogP contribution in [0.3, 0.4) is 0 Å². The number of hydrogen-bond acceptors (Lipinski definition) is 5. The molecular formula is C24H35N3O4. The van der Waals surface area contributed by atoms with Crippen LogP contribution in [0.5, 0.6) is 11.5 Å². The summed E-state index contributed by atoms with van der Waals surface area (Å²) in [5, 5.41) is 0. The molecule has 2 heterocycles. The Labute approximate surface area is 185 Å². The molecule has 2 saturated heterocycles. The lowest BCUT2D eigenvalue weighted by Crippen LogP contribution is -2.52. The largest absolute Gasteiger partial charge is 0.493 e. The molecule has 1 unspecified atom stereocenters. The van der Waals surface area contributed by atoms with Gasteiger partial charge in [0.25, 0.3) is 0 Å². The maximum Gasteiger partial charge on any atom is 0.228 e. The van der Waals surface area contributed by atoms with Crippen LogP contribution < -0.4 is 9.47 Å². The first kappa shape index (κ1) is 21.9. The minimum atomic E-state index is -0.198. The molecule has 2 aliphatic heterocycles. The summed E-state index contributed by atoms with van der Waals surface area (Å²) in [6, 6.07) is 6.55. The Morgan fingerprint density at radius 2 is 1.74 bits per heavy atom. The number of likely N-dealkylation sites (tertiary alicyclic amines) is 1. The van der Waals surface area contributed by atoms with Crippen molar-refractivity contribution in [3.8, 4) is 11.5 Å². The number of carbonyl (C=O) groups is 2. The van der Waals surface area contributed by atoms with Crippen LogP contribution in [-0.4, -0.2) is 86.0 Å². The van der Waals surface area contributed by atoms with E-state index in [4.69, 9.17) is 9.47 Å². The highest BCUT2D eigenvalue weighted by atomic mass is 16.5. The number of benzene rings is 1. The monoisotopic (exact) mass is 429 g/mol. The van der Waals surface area contributed by atoms with Crippen molar-refractivity contribution in [3.05, 3.63) is 23.8 Å². The third-order valence-corrected chi connectivity index (χ3v) is 7.15. The summed E-state index contributed by atoms with van der Waals surface area (Å²) in [6.07, 6.45) is 6.36. The summed E-state index contributed by atoms with van der Waals surface area (Å²) in [4.78, 5) is 32.0. The van der Waals surface area contributed by atoms with Crippen LogP contribution in [0.2, 0.25) is 0 Å². The second kappa shape index (κ2) is 9.90. The third-order valence-electron chi connectivity index (χ3n) is 7.15. The van der Waals surface area contributed by atoms with Gasteiger partial charge in [-0.1, -0.05) is 18.9 Å². The quantitative estimate of drug-likeness (QED) is 0.665. The smallest absolute Gasteiger partial charge is 0.228 e. The van der Waals surface area contributed by atoms with E-state index in [0.717, 1.165) is 44.2 Å². The Bertz CT molecular complexity index is 785. The van der Waals surface area contributed by atoms with Crippen molar-refractivity contribution in [2.45, 2.75) is 44.6 Å². The number of ether oxygens (including phenoxy) is 2. The second-order valence-electron chi connectivity index (χ2n) is 8.98. The van der Waals surface area contributed by atoms with Gasteiger partial charge in [-0.2, -0.15) is 0 Å². The molecule has 170 valence electrons. The molecule has 0 radical (unpaired) electrons. The van der Waals surface area contributed by atoms with Gasteiger partial charge in [0.1, 0.15) is 0 Å². The van der Waals surface area contributed by atoms with Gasteiger partial charge in [0.2, 0.25) is 11.8 Å². The molecule has 3 fully saturated rings. The number of amides is 2. The van der Waals surface area contributed by atoms with Gasteiger partial charge in [-0.3, -0.25) is 14.5 Å². The fraction of sp³-hybridized carbons (Fsp3) is 0.667. The van der Waals surface area contributed by atoms with Gasteiger partial charge < -0.3 is 19.3 Å². The summed E-state index contributed by atoms with van der Waals surface area (Å²) in [5.41, 5.74) is 1.09. The average molecular weight is 430 g/mol. The van der Waals surface area contributed by atoms with E-state index in [-0.39, 0.29) is 17.7 Å². The Morgan fingerprint density at radius 3 is 2.42 bits per heavy atom. The van der Waals surface area contributed by atoms with Gasteiger partial charge >= 0.3 is 0 Å². The summed E-state index contributed by atoms with van der Waals surface area (Å²) in [7, 11) is 3.24. The van der Waals surface area contributed by atoms with E-state index < -0.39 is 0 Å². The number of methoxy groups -OCH3 is 2. The molecule has 3 aliphatic rings. The fourth-order valence-corrected chi connectivity index (χ4v) is 5.29. The average Bonchev–Trinajstić information content (AvgIpc) is 3.47. The summed E-state index contributed by atoms with van der Waals surface area (Å²) in [6.45, 7) is 4.69. The van der Waals surface area contributed by atoms with Gasteiger partial charge in [-0.25, -0.2) is 0 Å². The van der Waals surface area contributed by atoms with Crippen LogP contribution >= 0.6 is 0 Å². The Balaban J connectivity index is 1.26. The Hall–Kier alpha value is -2.28. The minimum Gasteiger partial charge on any atom is -0.493 e. The molecule has 1 aliphatic carbocycles. The maximum atomic E-state index is 13.0. The molecule has 4 rings (SSSR count). The molecule has 7 nitrogen and oxygen atoms in total. The summed E-state index contributed by atoms with van der Waals surface area (Å²) < 4.78 is 10.7. The molecule has 1 aromatic rings. The van der Waals surface area contributed by atoms with E-state index >= 15 is 0 Å². The molecule has 31 heavy (non-hydrogen) atoms. The van der Waals surface area contributed by atoms with E-state index in [1.807, 2.05) is 28.0 Å². The van der Waals surface area contributed by atoms with Crippen molar-refractivity contribution in [2.75, 3.05) is 53.5 Å². The van der Waals surface area contributed by atoms with Crippen LogP contribution in [0.4, 0.5) is 0 Å². The lowest BCUT2D eigenvalue weighted by molar-refractivity contribution is -0.137. The first-order valence-electron chi connectivity index (χ1n) is 11.6. The van der Waals surface area contributed by atoms with Gasteiger partial charge in [0.05, 0.1) is 20.1 Å². The molecule has 7 heteroatoms. The molecule has 0 N–H and O–H groups in total. The van der Waals surface area contributed by atoms with Crippen molar-refractivity contribution >= 4 is 11.8 Å². The Morgan fingerprint density at radius 1 is 1.03 bits per heavy atom. The van der Waals surface area contributed by atoms with Crippen LogP contribution in [0.1, 0.15) is 37.7 Å². The zero-order valence-electron chi connectivity index (χ0n) is 18.8. The summed E-state index contributed by atoms with van der Waals surface area (Å²) in [5.74, 6) is 1.44. The maximum absolute atomic E-state index is 13.0. The molecule has 1 atom stereocenters. The van der Waals surface area contributed by atoms with Crippen LogP contribution in [0.25, 0.3) is 0 Å². The van der Waals surface area contributed by atoms with Crippen molar-refractivity contribution in [1.82, 2.24) is 14.7 Å². The topological polar surface area (TPSA) is 62.3 Å². The Kier molecular flexibility index (Phi) is 7.00. The molecule has 0 aromatic heterocycles. The molecule has 1 aromatic carbocycles. The first-order chi connectivity index (χ1) is 15.1. The number of piperazine rings is 1. The van der Waals surface area contributed by atoms with Crippen molar-refractivity contribution in [1.29, 1.82) is 0 Å². The normalized spacial score (nSPS) is 22.9. The minimum absolute atomic E-state index is 0.0865. The van der Waals surface area contributed by atoms with Crippen LogP contribution in [-0.2, 0) is 16.0 Å². The van der Waals surface area contributed by atoms with Gasteiger partial charge in [0.15, 0.2) is 11.5 Å². The number of rotatable bonds is 7. The van der Waals surface area contributed by atoms with E-state index in [1.54, 1.807) is 14.2 Å². The van der Waals surface area contributed by atoms with E-state index in [1.165, 1.54) is 25.7 Å². The third kappa shape index (κ3) is 4.97. The number of nitrogens with zero attached hydrogens (tertiary/aromatic N) is 3. The van der Waals surface area contributed by atoms with Gasteiger partial charge in [0, 0.05) is 51.7 Å². The second-order valence-corrected chi connectivity index (χ2v) is 8.98. The van der Waals surface area contributed by atoms with Crippen LogP contribution in [0, 0.1) is 5.92 Å². The zero-order valence-corrected chi connectivity index (χ0v) is 18.8.